The Hall–Kier alpha value is -1.27. The summed E-state index contributed by atoms with van der Waals surface area (Å²) in [6.45, 7) is 7.87. The molecule has 6 heteroatoms. The molecule has 0 radical (unpaired) electrons. The van der Waals surface area contributed by atoms with E-state index in [-0.39, 0.29) is 5.97 Å². The molecule has 0 unspecified atom stereocenters. The molecule has 0 aliphatic heterocycles. The van der Waals surface area contributed by atoms with Crippen molar-refractivity contribution in [2.75, 3.05) is 6.61 Å². The Balaban J connectivity index is 2.14. The molecule has 108 valence electrons. The summed E-state index contributed by atoms with van der Waals surface area (Å²) in [5, 5.41) is 6.00. The third kappa shape index (κ3) is 3.24. The first-order chi connectivity index (χ1) is 9.43. The van der Waals surface area contributed by atoms with Gasteiger partial charge in [-0.25, -0.2) is 9.97 Å². The van der Waals surface area contributed by atoms with Crippen LogP contribution in [0.15, 0.2) is 10.8 Å². The van der Waals surface area contributed by atoms with Gasteiger partial charge < -0.3 is 4.74 Å². The largest absolute Gasteiger partial charge is 0.465 e. The second-order valence-electron chi connectivity index (χ2n) is 5.03. The van der Waals surface area contributed by atoms with Gasteiger partial charge in [0.05, 0.1) is 28.7 Å². The van der Waals surface area contributed by atoms with Crippen LogP contribution in [0.1, 0.15) is 42.2 Å². The topological polar surface area (TPSA) is 52.1 Å². The zero-order valence-electron chi connectivity index (χ0n) is 12.1. The lowest BCUT2D eigenvalue weighted by Crippen LogP contribution is -2.31. The number of carbonyl (C=O) groups is 1. The molecule has 0 bridgehead atoms. The van der Waals surface area contributed by atoms with E-state index in [2.05, 4.69) is 9.97 Å². The van der Waals surface area contributed by atoms with Crippen molar-refractivity contribution in [3.8, 4) is 0 Å². The fraction of sp³-hybridized carbons (Fsp3) is 0.500. The number of aromatic nitrogens is 2. The van der Waals surface area contributed by atoms with E-state index in [1.165, 1.54) is 0 Å². The minimum atomic E-state index is -0.705. The van der Waals surface area contributed by atoms with Gasteiger partial charge in [0.1, 0.15) is 5.41 Å². The average Bonchev–Trinajstić information content (AvgIpc) is 3.00. The predicted molar refractivity (Wildman–Crippen MR) is 81.4 cm³/mol. The van der Waals surface area contributed by atoms with Crippen LogP contribution in [0.5, 0.6) is 0 Å². The molecule has 0 aliphatic rings. The van der Waals surface area contributed by atoms with Gasteiger partial charge >= 0.3 is 5.97 Å². The molecular formula is C14H18N2O2S2. The maximum absolute atomic E-state index is 12.0. The van der Waals surface area contributed by atoms with Crippen molar-refractivity contribution in [1.29, 1.82) is 0 Å². The molecule has 0 aliphatic carbocycles. The summed E-state index contributed by atoms with van der Waals surface area (Å²) in [7, 11) is 0. The Morgan fingerprint density at radius 3 is 2.50 bits per heavy atom. The van der Waals surface area contributed by atoms with E-state index in [0.717, 1.165) is 27.8 Å². The molecule has 0 fully saturated rings. The first kappa shape index (κ1) is 15.1. The van der Waals surface area contributed by atoms with Gasteiger partial charge in [-0.2, -0.15) is 0 Å². The molecule has 0 spiro atoms. The number of thiazole rings is 2. The van der Waals surface area contributed by atoms with Crippen molar-refractivity contribution in [2.45, 2.75) is 39.5 Å². The molecule has 2 rings (SSSR count). The second kappa shape index (κ2) is 6.01. The van der Waals surface area contributed by atoms with Crippen LogP contribution in [-0.4, -0.2) is 22.5 Å². The zero-order chi connectivity index (χ0) is 14.8. The fourth-order valence-electron chi connectivity index (χ4n) is 1.71. The maximum Gasteiger partial charge on any atom is 0.317 e. The van der Waals surface area contributed by atoms with Gasteiger partial charge in [0.2, 0.25) is 0 Å². The van der Waals surface area contributed by atoms with Crippen molar-refractivity contribution in [2.24, 2.45) is 0 Å². The lowest BCUT2D eigenvalue weighted by atomic mass is 9.90. The summed E-state index contributed by atoms with van der Waals surface area (Å²) in [6, 6.07) is 0. The van der Waals surface area contributed by atoms with Crippen molar-refractivity contribution < 1.29 is 9.53 Å². The Bertz CT molecular complexity index is 602. The Kier molecular flexibility index (Phi) is 4.55. The molecule has 0 saturated carbocycles. The van der Waals surface area contributed by atoms with E-state index in [0.29, 0.717) is 6.61 Å². The van der Waals surface area contributed by atoms with Crippen molar-refractivity contribution in [1.82, 2.24) is 9.97 Å². The highest BCUT2D eigenvalue weighted by Gasteiger charge is 2.33. The van der Waals surface area contributed by atoms with Gasteiger partial charge in [0, 0.05) is 16.5 Å². The van der Waals surface area contributed by atoms with E-state index < -0.39 is 5.41 Å². The van der Waals surface area contributed by atoms with Crippen LogP contribution in [0.2, 0.25) is 0 Å². The van der Waals surface area contributed by atoms with Crippen LogP contribution in [0, 0.1) is 6.92 Å². The average molecular weight is 310 g/mol. The van der Waals surface area contributed by atoms with E-state index in [1.807, 2.05) is 38.5 Å². The highest BCUT2D eigenvalue weighted by atomic mass is 32.1. The molecular weight excluding hydrogens is 292 g/mol. The van der Waals surface area contributed by atoms with Crippen molar-refractivity contribution in [3.05, 3.63) is 32.2 Å². The lowest BCUT2D eigenvalue weighted by Gasteiger charge is -2.19. The Labute approximate surface area is 126 Å². The van der Waals surface area contributed by atoms with Crippen LogP contribution in [0.3, 0.4) is 0 Å². The molecule has 0 aromatic carbocycles. The summed E-state index contributed by atoms with van der Waals surface area (Å²) in [6.07, 6.45) is 0.724. The molecule has 2 aromatic rings. The van der Waals surface area contributed by atoms with Gasteiger partial charge in [-0.15, -0.1) is 22.7 Å². The first-order valence-corrected chi connectivity index (χ1v) is 8.22. The number of ether oxygens (including phenoxy) is 1. The summed E-state index contributed by atoms with van der Waals surface area (Å²) in [5.74, 6) is -0.234. The number of carbonyl (C=O) groups excluding carboxylic acids is 1. The Morgan fingerprint density at radius 2 is 1.90 bits per heavy atom. The molecule has 0 N–H and O–H groups in total. The van der Waals surface area contributed by atoms with Gasteiger partial charge in [-0.05, 0) is 27.7 Å². The summed E-state index contributed by atoms with van der Waals surface area (Å²) in [4.78, 5) is 21.0. The highest BCUT2D eigenvalue weighted by Crippen LogP contribution is 2.27. The number of hydrogen-bond donors (Lipinski definition) is 0. The summed E-state index contributed by atoms with van der Waals surface area (Å²) >= 11 is 3.20. The molecule has 2 heterocycles. The van der Waals surface area contributed by atoms with Gasteiger partial charge in [0.15, 0.2) is 0 Å². The molecule has 0 saturated heterocycles. The molecule has 0 atom stereocenters. The third-order valence-electron chi connectivity index (χ3n) is 2.95. The quantitative estimate of drug-likeness (QED) is 0.795. The molecule has 2 aromatic heterocycles. The molecule has 20 heavy (non-hydrogen) atoms. The minimum absolute atomic E-state index is 0.234. The van der Waals surface area contributed by atoms with Crippen LogP contribution >= 0.6 is 22.7 Å². The standard InChI is InChI=1S/C14H18N2O2S2/c1-5-18-13(17)14(3,4)10-8-20-12(16-10)6-11-15-9(2)7-19-11/h7-8H,5-6H2,1-4H3. The number of esters is 1. The molecule has 0 amide bonds. The highest BCUT2D eigenvalue weighted by molar-refractivity contribution is 7.11. The summed E-state index contributed by atoms with van der Waals surface area (Å²) < 4.78 is 5.11. The fourth-order valence-corrected chi connectivity index (χ4v) is 3.54. The number of nitrogens with zero attached hydrogens (tertiary/aromatic N) is 2. The van der Waals surface area contributed by atoms with E-state index >= 15 is 0 Å². The number of aryl methyl sites for hydroxylation is 1. The van der Waals surface area contributed by atoms with Crippen LogP contribution in [0.25, 0.3) is 0 Å². The van der Waals surface area contributed by atoms with Crippen molar-refractivity contribution in [3.63, 3.8) is 0 Å². The van der Waals surface area contributed by atoms with Gasteiger partial charge in [0.25, 0.3) is 0 Å². The lowest BCUT2D eigenvalue weighted by molar-refractivity contribution is -0.148. The minimum Gasteiger partial charge on any atom is -0.465 e. The normalized spacial score (nSPS) is 11.6. The van der Waals surface area contributed by atoms with Gasteiger partial charge in [-0.3, -0.25) is 4.79 Å². The smallest absolute Gasteiger partial charge is 0.317 e. The first-order valence-electron chi connectivity index (χ1n) is 6.46. The SMILES string of the molecule is CCOC(=O)C(C)(C)c1csc(Cc2nc(C)cs2)n1. The van der Waals surface area contributed by atoms with E-state index in [9.17, 15) is 4.79 Å². The van der Waals surface area contributed by atoms with Gasteiger partial charge in [-0.1, -0.05) is 0 Å². The number of hydrogen-bond acceptors (Lipinski definition) is 6. The third-order valence-corrected chi connectivity index (χ3v) is 4.76. The van der Waals surface area contributed by atoms with E-state index in [4.69, 9.17) is 4.74 Å². The number of rotatable bonds is 5. The van der Waals surface area contributed by atoms with Crippen molar-refractivity contribution >= 4 is 28.6 Å². The maximum atomic E-state index is 12.0. The Morgan fingerprint density at radius 1 is 1.25 bits per heavy atom. The van der Waals surface area contributed by atoms with Crippen LogP contribution in [0.4, 0.5) is 0 Å². The zero-order valence-corrected chi connectivity index (χ0v) is 13.7. The van der Waals surface area contributed by atoms with E-state index in [1.54, 1.807) is 22.7 Å². The molecule has 4 nitrogen and oxygen atoms in total. The van der Waals surface area contributed by atoms with Crippen LogP contribution in [-0.2, 0) is 21.4 Å². The monoisotopic (exact) mass is 310 g/mol. The predicted octanol–water partition coefficient (Wildman–Crippen LogP) is 3.34. The second-order valence-corrected chi connectivity index (χ2v) is 6.92. The summed E-state index contributed by atoms with van der Waals surface area (Å²) in [5.41, 5.74) is 1.10. The van der Waals surface area contributed by atoms with Crippen LogP contribution < -0.4 is 0 Å².